The molecule has 8 nitrogen and oxygen atoms in total. The number of hydrogen-bond acceptors (Lipinski definition) is 8. The minimum absolute atomic E-state index is 0.118. The van der Waals surface area contributed by atoms with E-state index in [1.807, 2.05) is 6.08 Å². The zero-order chi connectivity index (χ0) is 23.8. The second-order valence-corrected chi connectivity index (χ2v) is 8.94. The molecule has 1 saturated heterocycles. The van der Waals surface area contributed by atoms with Crippen molar-refractivity contribution in [3.05, 3.63) is 12.2 Å². The lowest BCUT2D eigenvalue weighted by atomic mass is 9.99. The summed E-state index contributed by atoms with van der Waals surface area (Å²) in [6.07, 6.45) is 11.1. The first-order valence-corrected chi connectivity index (χ1v) is 12.4. The Labute approximate surface area is 193 Å². The Bertz CT molecular complexity index is 477. The molecule has 8 heteroatoms. The number of ether oxygens (including phenoxy) is 2. The average Bonchev–Trinajstić information content (AvgIpc) is 2.79. The van der Waals surface area contributed by atoms with E-state index < -0.39 is 49.5 Å². The second kappa shape index (κ2) is 17.8. The maximum atomic E-state index is 10.2. The summed E-state index contributed by atoms with van der Waals surface area (Å²) in [4.78, 5) is 0. The number of aliphatic hydroxyl groups is 5. The Morgan fingerprint density at radius 2 is 1.44 bits per heavy atom. The van der Waals surface area contributed by atoms with Crippen LogP contribution in [0.25, 0.3) is 0 Å². The summed E-state index contributed by atoms with van der Waals surface area (Å²) >= 11 is 0. The van der Waals surface area contributed by atoms with Gasteiger partial charge in [0, 0.05) is 0 Å². The summed E-state index contributed by atoms with van der Waals surface area (Å²) < 4.78 is 10.6. The van der Waals surface area contributed by atoms with Gasteiger partial charge in [-0.25, -0.2) is 0 Å². The third-order valence-corrected chi connectivity index (χ3v) is 6.05. The average molecular weight is 462 g/mol. The van der Waals surface area contributed by atoms with Crippen molar-refractivity contribution >= 4 is 0 Å². The minimum atomic E-state index is -1.50. The molecule has 0 amide bonds. The SMILES string of the molecule is CCCCCCCCCCCCC/C=C\[C@H](O)[C@H](N)CO[C@@H]1O[C@H](CO)[C@H](O)[C@H](O)[C@H]1O. The molecule has 0 aromatic heterocycles. The highest BCUT2D eigenvalue weighted by Gasteiger charge is 2.44. The quantitative estimate of drug-likeness (QED) is 0.134. The molecule has 0 unspecified atom stereocenters. The van der Waals surface area contributed by atoms with Crippen molar-refractivity contribution in [2.45, 2.75) is 127 Å². The van der Waals surface area contributed by atoms with Crippen LogP contribution in [-0.4, -0.2) is 81.6 Å². The Morgan fingerprint density at radius 1 is 0.875 bits per heavy atom. The number of rotatable bonds is 18. The fraction of sp³-hybridized carbons (Fsp3) is 0.917. The fourth-order valence-corrected chi connectivity index (χ4v) is 3.81. The third kappa shape index (κ3) is 11.5. The topological polar surface area (TPSA) is 146 Å². The van der Waals surface area contributed by atoms with Gasteiger partial charge in [-0.1, -0.05) is 83.3 Å². The highest BCUT2D eigenvalue weighted by atomic mass is 16.7. The van der Waals surface area contributed by atoms with Crippen LogP contribution in [0.15, 0.2) is 12.2 Å². The standard InChI is InChI=1S/C24H47NO7/c1-2-3-4-5-6-7-8-9-10-11-12-13-14-15-19(27)18(25)17-31-24-23(30)22(29)21(28)20(16-26)32-24/h14-15,18-24,26-30H,2-13,16-17,25H2,1H3/b15-14-/t18-,19+,20-,21+,22+,23-,24-/m1/s1. The molecule has 0 aromatic rings. The molecule has 0 aromatic carbocycles. The molecule has 1 aliphatic heterocycles. The van der Waals surface area contributed by atoms with Crippen LogP contribution in [0, 0.1) is 0 Å². The van der Waals surface area contributed by atoms with Crippen molar-refractivity contribution in [1.29, 1.82) is 0 Å². The van der Waals surface area contributed by atoms with Crippen molar-refractivity contribution in [1.82, 2.24) is 0 Å². The van der Waals surface area contributed by atoms with Gasteiger partial charge in [-0.15, -0.1) is 0 Å². The third-order valence-electron chi connectivity index (χ3n) is 6.05. The molecule has 0 radical (unpaired) electrons. The molecular formula is C24H47NO7. The molecule has 1 heterocycles. The fourth-order valence-electron chi connectivity index (χ4n) is 3.81. The molecule has 32 heavy (non-hydrogen) atoms. The Kier molecular flexibility index (Phi) is 16.4. The molecular weight excluding hydrogens is 414 g/mol. The lowest BCUT2D eigenvalue weighted by Crippen LogP contribution is -2.59. The van der Waals surface area contributed by atoms with E-state index in [0.717, 1.165) is 12.8 Å². The second-order valence-electron chi connectivity index (χ2n) is 8.94. The van der Waals surface area contributed by atoms with Crippen LogP contribution >= 0.6 is 0 Å². The summed E-state index contributed by atoms with van der Waals surface area (Å²) in [5, 5.41) is 48.8. The van der Waals surface area contributed by atoms with Crippen molar-refractivity contribution in [3.63, 3.8) is 0 Å². The molecule has 0 aliphatic carbocycles. The van der Waals surface area contributed by atoms with Crippen LogP contribution in [0.1, 0.15) is 84.0 Å². The predicted octanol–water partition coefficient (Wildman–Crippen LogP) is 1.75. The Balaban J connectivity index is 2.10. The van der Waals surface area contributed by atoms with E-state index in [1.165, 1.54) is 64.2 Å². The van der Waals surface area contributed by atoms with Gasteiger partial charge in [0.15, 0.2) is 6.29 Å². The highest BCUT2D eigenvalue weighted by molar-refractivity contribution is 4.94. The summed E-state index contributed by atoms with van der Waals surface area (Å²) in [5.41, 5.74) is 5.93. The Hall–Kier alpha value is -0.580. The van der Waals surface area contributed by atoms with Gasteiger partial charge >= 0.3 is 0 Å². The zero-order valence-electron chi connectivity index (χ0n) is 19.7. The van der Waals surface area contributed by atoms with E-state index in [1.54, 1.807) is 6.08 Å². The van der Waals surface area contributed by atoms with Gasteiger partial charge in [0.2, 0.25) is 0 Å². The van der Waals surface area contributed by atoms with Crippen LogP contribution in [-0.2, 0) is 9.47 Å². The first-order valence-electron chi connectivity index (χ1n) is 12.4. The summed E-state index contributed by atoms with van der Waals surface area (Å²) in [6, 6.07) is -0.740. The molecule has 1 fully saturated rings. The lowest BCUT2D eigenvalue weighted by molar-refractivity contribution is -0.302. The number of allylic oxidation sites excluding steroid dienone is 1. The van der Waals surface area contributed by atoms with Crippen LogP contribution in [0.2, 0.25) is 0 Å². The first kappa shape index (κ1) is 29.5. The maximum Gasteiger partial charge on any atom is 0.186 e. The number of unbranched alkanes of at least 4 members (excludes halogenated alkanes) is 11. The number of hydrogen-bond donors (Lipinski definition) is 6. The normalized spacial score (nSPS) is 28.3. The number of nitrogens with two attached hydrogens (primary N) is 1. The van der Waals surface area contributed by atoms with Gasteiger partial charge in [0.05, 0.1) is 25.4 Å². The predicted molar refractivity (Wildman–Crippen MR) is 124 cm³/mol. The highest BCUT2D eigenvalue weighted by Crippen LogP contribution is 2.22. The number of aliphatic hydroxyl groups excluding tert-OH is 5. The molecule has 0 saturated carbocycles. The van der Waals surface area contributed by atoms with E-state index in [9.17, 15) is 25.5 Å². The molecule has 1 rings (SSSR count). The van der Waals surface area contributed by atoms with E-state index in [0.29, 0.717) is 0 Å². The maximum absolute atomic E-state index is 10.2. The summed E-state index contributed by atoms with van der Waals surface area (Å²) in [7, 11) is 0. The zero-order valence-corrected chi connectivity index (χ0v) is 19.7. The monoisotopic (exact) mass is 461 g/mol. The van der Waals surface area contributed by atoms with Gasteiger partial charge in [-0.2, -0.15) is 0 Å². The van der Waals surface area contributed by atoms with Crippen molar-refractivity contribution in [2.75, 3.05) is 13.2 Å². The van der Waals surface area contributed by atoms with E-state index in [-0.39, 0.29) is 6.61 Å². The molecule has 1 aliphatic rings. The molecule has 0 bridgehead atoms. The van der Waals surface area contributed by atoms with E-state index in [2.05, 4.69) is 6.92 Å². The van der Waals surface area contributed by atoms with Crippen LogP contribution in [0.5, 0.6) is 0 Å². The molecule has 0 spiro atoms. The summed E-state index contributed by atoms with van der Waals surface area (Å²) in [6.45, 7) is 1.60. The molecule has 190 valence electrons. The molecule has 7 atom stereocenters. The lowest BCUT2D eigenvalue weighted by Gasteiger charge is -2.39. The first-order chi connectivity index (χ1) is 15.4. The van der Waals surface area contributed by atoms with Crippen LogP contribution in [0.3, 0.4) is 0 Å². The minimum Gasteiger partial charge on any atom is -0.394 e. The smallest absolute Gasteiger partial charge is 0.186 e. The Morgan fingerprint density at radius 3 is 2.00 bits per heavy atom. The van der Waals surface area contributed by atoms with E-state index >= 15 is 0 Å². The van der Waals surface area contributed by atoms with Crippen molar-refractivity contribution < 1.29 is 35.0 Å². The van der Waals surface area contributed by atoms with Crippen molar-refractivity contribution in [3.8, 4) is 0 Å². The van der Waals surface area contributed by atoms with Crippen molar-refractivity contribution in [2.24, 2.45) is 5.73 Å². The summed E-state index contributed by atoms with van der Waals surface area (Å²) in [5.74, 6) is 0. The van der Waals surface area contributed by atoms with Gasteiger partial charge in [-0.05, 0) is 12.8 Å². The van der Waals surface area contributed by atoms with Gasteiger partial charge in [-0.3, -0.25) is 0 Å². The largest absolute Gasteiger partial charge is 0.394 e. The molecule has 7 N–H and O–H groups in total. The van der Waals surface area contributed by atoms with Crippen LogP contribution in [0.4, 0.5) is 0 Å². The van der Waals surface area contributed by atoms with E-state index in [4.69, 9.17) is 15.2 Å². The van der Waals surface area contributed by atoms with Gasteiger partial charge in [0.25, 0.3) is 0 Å². The van der Waals surface area contributed by atoms with Gasteiger partial charge < -0.3 is 40.7 Å². The van der Waals surface area contributed by atoms with Gasteiger partial charge in [0.1, 0.15) is 24.4 Å². The van der Waals surface area contributed by atoms with Crippen LogP contribution < -0.4 is 5.73 Å².